The summed E-state index contributed by atoms with van der Waals surface area (Å²) in [6.07, 6.45) is 7.53. The molecule has 1 N–H and O–H groups in total. The zero-order chi connectivity index (χ0) is 16.5. The third-order valence-electron chi connectivity index (χ3n) is 4.26. The number of benzene rings is 1. The second-order valence-corrected chi connectivity index (χ2v) is 5.96. The Morgan fingerprint density at radius 3 is 2.92 bits per heavy atom. The summed E-state index contributed by atoms with van der Waals surface area (Å²) < 4.78 is 4.14. The second-order valence-electron chi connectivity index (χ2n) is 5.96. The molecule has 0 aliphatic heterocycles. The molecule has 0 atom stereocenters. The molecule has 0 unspecified atom stereocenters. The zero-order valence-corrected chi connectivity index (χ0v) is 13.8. The van der Waals surface area contributed by atoms with E-state index in [0.717, 1.165) is 34.8 Å². The number of aryl methyl sites for hydroxylation is 2. The number of aromatic nitrogens is 4. The molecule has 3 aromatic heterocycles. The van der Waals surface area contributed by atoms with Gasteiger partial charge < -0.3 is 9.88 Å². The van der Waals surface area contributed by atoms with Gasteiger partial charge in [-0.05, 0) is 30.7 Å². The molecule has 4 aromatic rings. The van der Waals surface area contributed by atoms with Gasteiger partial charge in [-0.2, -0.15) is 0 Å². The number of pyridine rings is 1. The van der Waals surface area contributed by atoms with Gasteiger partial charge in [0.1, 0.15) is 5.65 Å². The van der Waals surface area contributed by atoms with E-state index in [1.165, 1.54) is 5.56 Å². The Morgan fingerprint density at radius 2 is 2.08 bits per heavy atom. The summed E-state index contributed by atoms with van der Waals surface area (Å²) in [6.45, 7) is 2.84. The van der Waals surface area contributed by atoms with Crippen LogP contribution in [0.3, 0.4) is 0 Å². The summed E-state index contributed by atoms with van der Waals surface area (Å²) >= 11 is 0. The molecule has 3 heterocycles. The normalized spacial score (nSPS) is 11.1. The van der Waals surface area contributed by atoms with Gasteiger partial charge in [0.15, 0.2) is 0 Å². The molecule has 0 saturated carbocycles. The van der Waals surface area contributed by atoms with Crippen molar-refractivity contribution < 1.29 is 0 Å². The molecule has 1 aromatic carbocycles. The van der Waals surface area contributed by atoms with Crippen molar-refractivity contribution in [2.24, 2.45) is 7.05 Å². The van der Waals surface area contributed by atoms with Crippen LogP contribution in [-0.4, -0.2) is 18.9 Å². The molecule has 24 heavy (non-hydrogen) atoms. The Balaban J connectivity index is 1.76. The third kappa shape index (κ3) is 2.54. The maximum absolute atomic E-state index is 4.38. The van der Waals surface area contributed by atoms with E-state index in [0.29, 0.717) is 0 Å². The van der Waals surface area contributed by atoms with Crippen LogP contribution in [-0.2, 0) is 13.6 Å². The minimum Gasteiger partial charge on any atom is -0.379 e. The van der Waals surface area contributed by atoms with E-state index in [2.05, 4.69) is 50.9 Å². The van der Waals surface area contributed by atoms with Crippen LogP contribution in [0.1, 0.15) is 11.3 Å². The first-order valence-corrected chi connectivity index (χ1v) is 7.94. The first-order valence-electron chi connectivity index (χ1n) is 7.94. The van der Waals surface area contributed by atoms with E-state index in [4.69, 9.17) is 0 Å². The van der Waals surface area contributed by atoms with Gasteiger partial charge in [-0.3, -0.25) is 4.40 Å². The zero-order valence-electron chi connectivity index (χ0n) is 13.8. The molecule has 0 bridgehead atoms. The van der Waals surface area contributed by atoms with Crippen molar-refractivity contribution in [2.45, 2.75) is 13.5 Å². The first kappa shape index (κ1) is 14.5. The lowest BCUT2D eigenvalue weighted by atomic mass is 10.1. The third-order valence-corrected chi connectivity index (χ3v) is 4.26. The highest BCUT2D eigenvalue weighted by molar-refractivity contribution is 5.77. The molecule has 0 radical (unpaired) electrons. The summed E-state index contributed by atoms with van der Waals surface area (Å²) in [7, 11) is 2.01. The summed E-state index contributed by atoms with van der Waals surface area (Å²) in [5.41, 5.74) is 6.71. The first-order chi connectivity index (χ1) is 11.7. The Morgan fingerprint density at radius 1 is 1.17 bits per heavy atom. The number of nitrogens with zero attached hydrogens (tertiary/aromatic N) is 4. The minimum atomic E-state index is 0.729. The number of rotatable bonds is 4. The van der Waals surface area contributed by atoms with Gasteiger partial charge in [-0.1, -0.05) is 18.2 Å². The number of imidazole rings is 2. The number of fused-ring (bicyclic) bond motifs is 1. The molecule has 0 spiro atoms. The van der Waals surface area contributed by atoms with Crippen LogP contribution in [0, 0.1) is 6.92 Å². The van der Waals surface area contributed by atoms with Crippen molar-refractivity contribution in [3.05, 3.63) is 72.6 Å². The fourth-order valence-corrected chi connectivity index (χ4v) is 2.94. The van der Waals surface area contributed by atoms with Crippen molar-refractivity contribution in [3.8, 4) is 11.3 Å². The SMILES string of the molecule is Cc1ccc(-c2cccc3nccn23)c(NCc2cncn2C)c1. The molecule has 0 saturated heterocycles. The molecule has 5 heteroatoms. The quantitative estimate of drug-likeness (QED) is 0.625. The lowest BCUT2D eigenvalue weighted by Crippen LogP contribution is -2.06. The van der Waals surface area contributed by atoms with Gasteiger partial charge in [-0.15, -0.1) is 0 Å². The summed E-state index contributed by atoms with van der Waals surface area (Å²) in [5, 5.41) is 3.56. The van der Waals surface area contributed by atoms with Crippen LogP contribution >= 0.6 is 0 Å². The van der Waals surface area contributed by atoms with Gasteiger partial charge in [0.25, 0.3) is 0 Å². The fourth-order valence-electron chi connectivity index (χ4n) is 2.94. The van der Waals surface area contributed by atoms with Crippen molar-refractivity contribution >= 4 is 11.3 Å². The highest BCUT2D eigenvalue weighted by atomic mass is 15.0. The maximum atomic E-state index is 4.38. The monoisotopic (exact) mass is 317 g/mol. The molecular formula is C19H19N5. The fraction of sp³-hybridized carbons (Fsp3) is 0.158. The average Bonchev–Trinajstić information content (AvgIpc) is 3.21. The minimum absolute atomic E-state index is 0.729. The standard InChI is InChI=1S/C19H19N5/c1-14-6-7-16(18-4-3-5-19-21-8-9-24(18)19)17(10-14)22-12-15-11-20-13-23(15)2/h3-11,13,22H,12H2,1-2H3. The van der Waals surface area contributed by atoms with Crippen LogP contribution in [0.4, 0.5) is 5.69 Å². The molecule has 0 aliphatic carbocycles. The Kier molecular flexibility index (Phi) is 3.54. The van der Waals surface area contributed by atoms with E-state index in [1.807, 2.05) is 48.7 Å². The van der Waals surface area contributed by atoms with Crippen LogP contribution in [0.25, 0.3) is 16.9 Å². The van der Waals surface area contributed by atoms with Crippen molar-refractivity contribution in [3.63, 3.8) is 0 Å². The lowest BCUT2D eigenvalue weighted by Gasteiger charge is -2.15. The van der Waals surface area contributed by atoms with Gasteiger partial charge in [0, 0.05) is 36.9 Å². The van der Waals surface area contributed by atoms with Gasteiger partial charge in [0.2, 0.25) is 0 Å². The largest absolute Gasteiger partial charge is 0.379 e. The predicted molar refractivity (Wildman–Crippen MR) is 95.9 cm³/mol. The van der Waals surface area contributed by atoms with Crippen LogP contribution in [0.2, 0.25) is 0 Å². The number of hydrogen-bond donors (Lipinski definition) is 1. The van der Waals surface area contributed by atoms with E-state index in [9.17, 15) is 0 Å². The van der Waals surface area contributed by atoms with Crippen molar-refractivity contribution in [1.29, 1.82) is 0 Å². The molecule has 0 amide bonds. The average molecular weight is 317 g/mol. The summed E-state index contributed by atoms with van der Waals surface area (Å²) in [6, 6.07) is 12.7. The molecule has 120 valence electrons. The molecule has 5 nitrogen and oxygen atoms in total. The van der Waals surface area contributed by atoms with Gasteiger partial charge in [-0.25, -0.2) is 9.97 Å². The molecule has 0 fully saturated rings. The highest BCUT2D eigenvalue weighted by Gasteiger charge is 2.10. The van der Waals surface area contributed by atoms with Gasteiger partial charge in [0.05, 0.1) is 24.3 Å². The van der Waals surface area contributed by atoms with Crippen molar-refractivity contribution in [1.82, 2.24) is 18.9 Å². The van der Waals surface area contributed by atoms with E-state index in [-0.39, 0.29) is 0 Å². The lowest BCUT2D eigenvalue weighted by molar-refractivity contribution is 0.837. The Hall–Kier alpha value is -3.08. The van der Waals surface area contributed by atoms with E-state index < -0.39 is 0 Å². The van der Waals surface area contributed by atoms with Crippen LogP contribution in [0.15, 0.2) is 61.3 Å². The predicted octanol–water partition coefficient (Wildman–Crippen LogP) is 3.66. The van der Waals surface area contributed by atoms with E-state index in [1.54, 1.807) is 0 Å². The Labute approximate surface area is 140 Å². The van der Waals surface area contributed by atoms with Gasteiger partial charge >= 0.3 is 0 Å². The van der Waals surface area contributed by atoms with Crippen molar-refractivity contribution in [2.75, 3.05) is 5.32 Å². The molecular weight excluding hydrogens is 298 g/mol. The molecule has 0 aliphatic rings. The molecule has 4 rings (SSSR count). The van der Waals surface area contributed by atoms with Crippen LogP contribution in [0.5, 0.6) is 0 Å². The Bertz CT molecular complexity index is 996. The second kappa shape index (κ2) is 5.85. The van der Waals surface area contributed by atoms with Crippen LogP contribution < -0.4 is 5.32 Å². The number of nitrogens with one attached hydrogen (secondary N) is 1. The highest BCUT2D eigenvalue weighted by Crippen LogP contribution is 2.29. The topological polar surface area (TPSA) is 47.1 Å². The maximum Gasteiger partial charge on any atom is 0.137 e. The number of anilines is 1. The summed E-state index contributed by atoms with van der Waals surface area (Å²) in [4.78, 5) is 8.56. The number of hydrogen-bond acceptors (Lipinski definition) is 3. The summed E-state index contributed by atoms with van der Waals surface area (Å²) in [5.74, 6) is 0. The smallest absolute Gasteiger partial charge is 0.137 e. The van der Waals surface area contributed by atoms with E-state index >= 15 is 0 Å².